The summed E-state index contributed by atoms with van der Waals surface area (Å²) in [5.41, 5.74) is 4.75. The van der Waals surface area contributed by atoms with Crippen LogP contribution in [0.3, 0.4) is 0 Å². The second-order valence-corrected chi connectivity index (χ2v) is 19.1. The SMILES string of the molecule is O=C(CC(CSc1cccs1)Nc1ccc(S(=O)(=O)Nc2ncnc3cc(N4CCN(Cc5ccccc5-c5ccc(Cl)cc5)CC4)ccc23)cc1[N+](=O)[O-])N1CCOCC1. The van der Waals surface area contributed by atoms with Crippen molar-refractivity contribution in [2.75, 3.05) is 73.2 Å². The Bertz CT molecular complexity index is 2610. The van der Waals surface area contributed by atoms with Crippen LogP contribution < -0.4 is 14.9 Å². The molecule has 0 spiro atoms. The molecule has 61 heavy (non-hydrogen) atoms. The molecular formula is C43H43ClN8O6S3. The van der Waals surface area contributed by atoms with Crippen molar-refractivity contribution >= 4 is 84.4 Å². The lowest BCUT2D eigenvalue weighted by atomic mass is 9.99. The summed E-state index contributed by atoms with van der Waals surface area (Å²) in [6.45, 7) is 5.97. The zero-order valence-corrected chi connectivity index (χ0v) is 36.2. The average Bonchev–Trinajstić information content (AvgIpc) is 3.80. The summed E-state index contributed by atoms with van der Waals surface area (Å²) in [5, 5.41) is 18.7. The number of thioether (sulfide) groups is 1. The van der Waals surface area contributed by atoms with Crippen LogP contribution in [0.5, 0.6) is 0 Å². The lowest BCUT2D eigenvalue weighted by molar-refractivity contribution is -0.384. The second-order valence-electron chi connectivity index (χ2n) is 14.7. The molecule has 0 bridgehead atoms. The van der Waals surface area contributed by atoms with E-state index in [2.05, 4.69) is 54.1 Å². The molecular weight excluding hydrogens is 856 g/mol. The molecule has 2 N–H and O–H groups in total. The van der Waals surface area contributed by atoms with E-state index in [0.29, 0.717) is 48.0 Å². The standard InChI is InChI=1S/C43H43ClN8O6S3/c44-32-9-7-30(8-10-32)36-5-2-1-4-31(36)27-49-15-17-50(18-16-49)34-11-13-37-39(25-34)45-29-46-43(37)48-61(56,57)35-12-14-38(40(26-35)52(54)55)47-33(28-60-42-6-3-23-59-42)24-41(53)51-19-21-58-22-20-51/h1-14,23,25-26,29,33,47H,15-22,24,27-28H2,(H,45,46,48). The highest BCUT2D eigenvalue weighted by Gasteiger charge is 2.27. The Kier molecular flexibility index (Phi) is 13.3. The molecule has 2 saturated heterocycles. The summed E-state index contributed by atoms with van der Waals surface area (Å²) >= 11 is 9.25. The number of ether oxygens (including phenoxy) is 1. The summed E-state index contributed by atoms with van der Waals surface area (Å²) in [7, 11) is -4.33. The quantitative estimate of drug-likeness (QED) is 0.0584. The van der Waals surface area contributed by atoms with Crippen LogP contribution in [0.2, 0.25) is 5.02 Å². The third kappa shape index (κ3) is 10.4. The van der Waals surface area contributed by atoms with Crippen LogP contribution in [-0.2, 0) is 26.1 Å². The fourth-order valence-corrected chi connectivity index (χ4v) is 10.5. The number of anilines is 3. The fourth-order valence-electron chi connectivity index (χ4n) is 7.49. The number of carbonyl (C=O) groups is 1. The maximum Gasteiger partial charge on any atom is 0.293 e. The van der Waals surface area contributed by atoms with Gasteiger partial charge >= 0.3 is 0 Å². The van der Waals surface area contributed by atoms with Gasteiger partial charge in [-0.3, -0.25) is 24.5 Å². The van der Waals surface area contributed by atoms with E-state index in [1.807, 2.05) is 53.9 Å². The molecule has 316 valence electrons. The number of benzene rings is 4. The molecule has 0 aliphatic carbocycles. The molecule has 2 aromatic heterocycles. The van der Waals surface area contributed by atoms with Crippen molar-refractivity contribution in [1.29, 1.82) is 0 Å². The second kappa shape index (κ2) is 19.2. The summed E-state index contributed by atoms with van der Waals surface area (Å²) in [6, 6.07) is 29.1. The molecule has 4 aromatic carbocycles. The number of piperazine rings is 1. The molecule has 2 fully saturated rings. The summed E-state index contributed by atoms with van der Waals surface area (Å²) in [5.74, 6) is 0.418. The minimum absolute atomic E-state index is 0.0536. The zero-order valence-electron chi connectivity index (χ0n) is 33.0. The third-order valence-corrected chi connectivity index (χ3v) is 14.6. The molecule has 1 unspecified atom stereocenters. The Morgan fingerprint density at radius 2 is 1.72 bits per heavy atom. The Morgan fingerprint density at radius 1 is 0.934 bits per heavy atom. The Hall–Kier alpha value is -5.30. The highest BCUT2D eigenvalue weighted by Crippen LogP contribution is 2.33. The van der Waals surface area contributed by atoms with Gasteiger partial charge in [0.25, 0.3) is 15.7 Å². The number of hydrogen-bond acceptors (Lipinski definition) is 13. The van der Waals surface area contributed by atoms with Crippen LogP contribution in [0.15, 0.2) is 118 Å². The van der Waals surface area contributed by atoms with E-state index >= 15 is 0 Å². The molecule has 14 nitrogen and oxygen atoms in total. The lowest BCUT2D eigenvalue weighted by Crippen LogP contribution is -2.46. The number of halogens is 1. The van der Waals surface area contributed by atoms with E-state index < -0.39 is 26.7 Å². The topological polar surface area (TPSA) is 163 Å². The van der Waals surface area contributed by atoms with Gasteiger partial charge in [0.05, 0.1) is 32.8 Å². The number of nitro benzene ring substituents is 1. The number of morpholine rings is 1. The number of thiophene rings is 1. The van der Waals surface area contributed by atoms with Crippen molar-refractivity contribution in [2.45, 2.75) is 28.1 Å². The summed E-state index contributed by atoms with van der Waals surface area (Å²) in [4.78, 5) is 39.8. The maximum absolute atomic E-state index is 13.8. The predicted molar refractivity (Wildman–Crippen MR) is 242 cm³/mol. The number of hydrogen-bond donors (Lipinski definition) is 2. The fraction of sp³-hybridized carbons (Fsp3) is 0.279. The molecule has 0 saturated carbocycles. The molecule has 18 heteroatoms. The van der Waals surface area contributed by atoms with E-state index in [1.54, 1.807) is 34.1 Å². The Balaban J connectivity index is 0.941. The van der Waals surface area contributed by atoms with Crippen LogP contribution in [-0.4, -0.2) is 103 Å². The van der Waals surface area contributed by atoms with Gasteiger partial charge in [-0.05, 0) is 70.6 Å². The van der Waals surface area contributed by atoms with Crippen LogP contribution in [0.25, 0.3) is 22.0 Å². The van der Waals surface area contributed by atoms with Crippen molar-refractivity contribution < 1.29 is 22.9 Å². The van der Waals surface area contributed by atoms with Gasteiger partial charge < -0.3 is 19.9 Å². The normalized spacial score (nSPS) is 15.4. The van der Waals surface area contributed by atoms with Crippen LogP contribution >= 0.6 is 34.7 Å². The third-order valence-electron chi connectivity index (χ3n) is 10.7. The summed E-state index contributed by atoms with van der Waals surface area (Å²) < 4.78 is 36.6. The van der Waals surface area contributed by atoms with Gasteiger partial charge in [-0.25, -0.2) is 18.4 Å². The molecule has 1 atom stereocenters. The molecule has 6 aromatic rings. The number of sulfonamides is 1. The first-order valence-electron chi connectivity index (χ1n) is 19.8. The van der Waals surface area contributed by atoms with Gasteiger partial charge in [0, 0.05) is 86.2 Å². The van der Waals surface area contributed by atoms with Crippen LogP contribution in [0.1, 0.15) is 12.0 Å². The van der Waals surface area contributed by atoms with E-state index in [0.717, 1.165) is 54.3 Å². The van der Waals surface area contributed by atoms with Crippen molar-refractivity contribution in [3.05, 3.63) is 129 Å². The molecule has 4 heterocycles. The number of carbonyl (C=O) groups excluding carboxylic acids is 1. The number of nitrogens with one attached hydrogen (secondary N) is 2. The maximum atomic E-state index is 13.8. The largest absolute Gasteiger partial charge is 0.378 e. The van der Waals surface area contributed by atoms with Gasteiger partial charge in [-0.2, -0.15) is 0 Å². The smallest absolute Gasteiger partial charge is 0.293 e. The number of amides is 1. The summed E-state index contributed by atoms with van der Waals surface area (Å²) in [6.07, 6.45) is 1.39. The Labute approximate surface area is 367 Å². The van der Waals surface area contributed by atoms with Gasteiger partial charge in [-0.15, -0.1) is 23.1 Å². The first kappa shape index (κ1) is 42.4. The number of rotatable bonds is 15. The van der Waals surface area contributed by atoms with Gasteiger partial charge in [0.2, 0.25) is 5.91 Å². The molecule has 2 aliphatic rings. The average molecular weight is 900 g/mol. The van der Waals surface area contributed by atoms with Crippen molar-refractivity contribution in [3.63, 3.8) is 0 Å². The molecule has 0 radical (unpaired) electrons. The van der Waals surface area contributed by atoms with Gasteiger partial charge in [0.15, 0.2) is 5.82 Å². The van der Waals surface area contributed by atoms with Crippen LogP contribution in [0, 0.1) is 10.1 Å². The molecule has 1 amide bonds. The first-order valence-corrected chi connectivity index (χ1v) is 23.5. The first-order chi connectivity index (χ1) is 29.6. The van der Waals surface area contributed by atoms with Gasteiger partial charge in [0.1, 0.15) is 12.0 Å². The minimum atomic E-state index is -4.33. The molecule has 8 rings (SSSR count). The highest BCUT2D eigenvalue weighted by molar-refractivity contribution is 8.01. The zero-order chi connectivity index (χ0) is 42.3. The number of nitro groups is 1. The number of aromatic nitrogens is 2. The Morgan fingerprint density at radius 3 is 2.48 bits per heavy atom. The highest BCUT2D eigenvalue weighted by atomic mass is 35.5. The van der Waals surface area contributed by atoms with E-state index in [4.69, 9.17) is 16.3 Å². The molecule has 2 aliphatic heterocycles. The van der Waals surface area contributed by atoms with E-state index in [9.17, 15) is 23.3 Å². The van der Waals surface area contributed by atoms with E-state index in [1.165, 1.54) is 29.6 Å². The van der Waals surface area contributed by atoms with Gasteiger partial charge in [-0.1, -0.05) is 54.1 Å². The number of nitrogens with zero attached hydrogens (tertiary/aromatic N) is 6. The monoisotopic (exact) mass is 898 g/mol. The van der Waals surface area contributed by atoms with Crippen molar-refractivity contribution in [3.8, 4) is 11.1 Å². The number of fused-ring (bicyclic) bond motifs is 1. The van der Waals surface area contributed by atoms with Crippen molar-refractivity contribution in [2.24, 2.45) is 0 Å². The minimum Gasteiger partial charge on any atom is -0.378 e. The van der Waals surface area contributed by atoms with E-state index in [-0.39, 0.29) is 28.7 Å². The van der Waals surface area contributed by atoms with Crippen LogP contribution in [0.4, 0.5) is 22.9 Å². The predicted octanol–water partition coefficient (Wildman–Crippen LogP) is 7.86. The van der Waals surface area contributed by atoms with Crippen molar-refractivity contribution in [1.82, 2.24) is 19.8 Å². The lowest BCUT2D eigenvalue weighted by Gasteiger charge is -2.36.